The first-order valence-corrected chi connectivity index (χ1v) is 7.74. The van der Waals surface area contributed by atoms with Crippen LogP contribution in [-0.4, -0.2) is 19.7 Å². The number of nitrogens with zero attached hydrogens (tertiary/aromatic N) is 4. The highest BCUT2D eigenvalue weighted by Crippen LogP contribution is 2.21. The molecule has 108 valence electrons. The van der Waals surface area contributed by atoms with Crippen LogP contribution < -0.4 is 5.32 Å². The van der Waals surface area contributed by atoms with E-state index in [1.165, 1.54) is 0 Å². The van der Waals surface area contributed by atoms with Crippen molar-refractivity contribution in [3.8, 4) is 10.7 Å². The molecule has 3 aromatic heterocycles. The van der Waals surface area contributed by atoms with Crippen LogP contribution in [0.4, 0.5) is 5.69 Å². The average molecular weight is 299 g/mol. The van der Waals surface area contributed by atoms with E-state index < -0.39 is 0 Å². The fourth-order valence-corrected chi connectivity index (χ4v) is 2.69. The van der Waals surface area contributed by atoms with E-state index in [4.69, 9.17) is 0 Å². The first-order valence-electron chi connectivity index (χ1n) is 6.86. The van der Waals surface area contributed by atoms with Crippen molar-refractivity contribution < 1.29 is 0 Å². The van der Waals surface area contributed by atoms with E-state index in [2.05, 4.69) is 39.6 Å². The summed E-state index contributed by atoms with van der Waals surface area (Å²) in [6, 6.07) is 6.23. The molecule has 3 heterocycles. The van der Waals surface area contributed by atoms with Gasteiger partial charge < -0.3 is 5.32 Å². The molecule has 21 heavy (non-hydrogen) atoms. The van der Waals surface area contributed by atoms with Crippen LogP contribution in [0, 0.1) is 0 Å². The van der Waals surface area contributed by atoms with Crippen molar-refractivity contribution in [3.63, 3.8) is 0 Å². The molecule has 0 aromatic carbocycles. The molecule has 0 bridgehead atoms. The highest BCUT2D eigenvalue weighted by atomic mass is 32.1. The lowest BCUT2D eigenvalue weighted by Crippen LogP contribution is -2.01. The molecule has 0 radical (unpaired) electrons. The minimum atomic E-state index is 0.371. The van der Waals surface area contributed by atoms with Gasteiger partial charge in [0, 0.05) is 23.8 Å². The number of aromatic nitrogens is 4. The number of thiazole rings is 1. The average Bonchev–Trinajstić information content (AvgIpc) is 3.15. The lowest BCUT2D eigenvalue weighted by atomic mass is 10.3. The third-order valence-corrected chi connectivity index (χ3v) is 3.95. The fraction of sp³-hybridized carbons (Fsp3) is 0.267. The first kappa shape index (κ1) is 13.8. The predicted octanol–water partition coefficient (Wildman–Crippen LogP) is 3.59. The van der Waals surface area contributed by atoms with Gasteiger partial charge in [-0.15, -0.1) is 11.3 Å². The maximum Gasteiger partial charge on any atom is 0.142 e. The second-order valence-electron chi connectivity index (χ2n) is 5.02. The number of nitrogens with one attached hydrogen (secondary N) is 1. The predicted molar refractivity (Wildman–Crippen MR) is 85.3 cm³/mol. The molecule has 0 aliphatic heterocycles. The van der Waals surface area contributed by atoms with Gasteiger partial charge in [-0.25, -0.2) is 4.98 Å². The molecule has 0 saturated heterocycles. The summed E-state index contributed by atoms with van der Waals surface area (Å²) in [5.41, 5.74) is 2.94. The molecule has 6 heteroatoms. The van der Waals surface area contributed by atoms with Crippen LogP contribution in [0.25, 0.3) is 10.7 Å². The fourth-order valence-electron chi connectivity index (χ4n) is 1.90. The molecule has 0 atom stereocenters. The zero-order valence-corrected chi connectivity index (χ0v) is 12.8. The van der Waals surface area contributed by atoms with Crippen LogP contribution in [0.3, 0.4) is 0 Å². The summed E-state index contributed by atoms with van der Waals surface area (Å²) in [7, 11) is 0. The van der Waals surface area contributed by atoms with E-state index in [1.54, 1.807) is 17.5 Å². The standard InChI is InChI=1S/C15H17N5S/c1-11(2)20-9-12(8-18-20)17-7-13-10-21-15(19-13)14-5-3-4-6-16-14/h3-6,8-11,17H,7H2,1-2H3. The highest BCUT2D eigenvalue weighted by Gasteiger charge is 2.06. The van der Waals surface area contributed by atoms with Crippen molar-refractivity contribution in [2.24, 2.45) is 0 Å². The molecule has 0 unspecified atom stereocenters. The van der Waals surface area contributed by atoms with Gasteiger partial charge in [0.25, 0.3) is 0 Å². The number of hydrogen-bond donors (Lipinski definition) is 1. The smallest absolute Gasteiger partial charge is 0.142 e. The number of hydrogen-bond acceptors (Lipinski definition) is 5. The third-order valence-electron chi connectivity index (χ3n) is 3.04. The second-order valence-corrected chi connectivity index (χ2v) is 5.87. The molecule has 5 nitrogen and oxygen atoms in total. The first-order chi connectivity index (χ1) is 10.2. The minimum absolute atomic E-state index is 0.371. The molecular weight excluding hydrogens is 282 g/mol. The number of anilines is 1. The van der Waals surface area contributed by atoms with Crippen molar-refractivity contribution in [1.29, 1.82) is 0 Å². The summed E-state index contributed by atoms with van der Waals surface area (Å²) in [5.74, 6) is 0. The Morgan fingerprint density at radius 3 is 2.95 bits per heavy atom. The molecule has 0 saturated carbocycles. The second kappa shape index (κ2) is 6.05. The van der Waals surface area contributed by atoms with Crippen molar-refractivity contribution in [3.05, 3.63) is 47.9 Å². The van der Waals surface area contributed by atoms with E-state index in [0.29, 0.717) is 12.6 Å². The molecular formula is C15H17N5S. The van der Waals surface area contributed by atoms with Gasteiger partial charge in [-0.05, 0) is 26.0 Å². The normalized spacial score (nSPS) is 11.0. The zero-order valence-electron chi connectivity index (χ0n) is 12.0. The Morgan fingerprint density at radius 1 is 1.33 bits per heavy atom. The van der Waals surface area contributed by atoms with E-state index >= 15 is 0 Å². The third kappa shape index (κ3) is 3.28. The summed E-state index contributed by atoms with van der Waals surface area (Å²) in [4.78, 5) is 8.92. The quantitative estimate of drug-likeness (QED) is 0.782. The Bertz CT molecular complexity index is 702. The Kier molecular flexibility index (Phi) is 3.96. The maximum atomic E-state index is 4.60. The van der Waals surface area contributed by atoms with E-state index in [0.717, 1.165) is 22.1 Å². The Labute approximate surface area is 127 Å². The van der Waals surface area contributed by atoms with Crippen LogP contribution >= 0.6 is 11.3 Å². The Balaban J connectivity index is 1.65. The molecule has 0 aliphatic carbocycles. The van der Waals surface area contributed by atoms with Crippen molar-refractivity contribution in [2.75, 3.05) is 5.32 Å². The van der Waals surface area contributed by atoms with E-state index in [1.807, 2.05) is 35.3 Å². The SMILES string of the molecule is CC(C)n1cc(NCc2csc(-c3ccccn3)n2)cn1. The van der Waals surface area contributed by atoms with Crippen LogP contribution in [0.5, 0.6) is 0 Å². The van der Waals surface area contributed by atoms with Crippen LogP contribution in [0.15, 0.2) is 42.2 Å². The number of pyridine rings is 1. The van der Waals surface area contributed by atoms with Crippen LogP contribution in [0.1, 0.15) is 25.6 Å². The number of rotatable bonds is 5. The summed E-state index contributed by atoms with van der Waals surface area (Å²) < 4.78 is 1.93. The zero-order chi connectivity index (χ0) is 14.7. The van der Waals surface area contributed by atoms with Gasteiger partial charge in [-0.3, -0.25) is 9.67 Å². The van der Waals surface area contributed by atoms with Crippen molar-refractivity contribution in [1.82, 2.24) is 19.7 Å². The Morgan fingerprint density at radius 2 is 2.24 bits per heavy atom. The van der Waals surface area contributed by atoms with Crippen LogP contribution in [0.2, 0.25) is 0 Å². The summed E-state index contributed by atoms with van der Waals surface area (Å²) >= 11 is 1.61. The van der Waals surface area contributed by atoms with Gasteiger partial charge in [0.1, 0.15) is 5.01 Å². The monoisotopic (exact) mass is 299 g/mol. The van der Waals surface area contributed by atoms with Crippen molar-refractivity contribution in [2.45, 2.75) is 26.4 Å². The summed E-state index contributed by atoms with van der Waals surface area (Å²) in [6.45, 7) is 4.90. The minimum Gasteiger partial charge on any atom is -0.377 e. The molecule has 0 aliphatic rings. The maximum absolute atomic E-state index is 4.60. The summed E-state index contributed by atoms with van der Waals surface area (Å²) in [6.07, 6.45) is 5.64. The van der Waals surface area contributed by atoms with Crippen molar-refractivity contribution >= 4 is 17.0 Å². The Hall–Kier alpha value is -2.21. The molecule has 0 spiro atoms. The van der Waals surface area contributed by atoms with E-state index in [9.17, 15) is 0 Å². The molecule has 3 rings (SSSR count). The van der Waals surface area contributed by atoms with Gasteiger partial charge in [0.05, 0.1) is 29.8 Å². The van der Waals surface area contributed by atoms with Gasteiger partial charge in [-0.2, -0.15) is 5.10 Å². The highest BCUT2D eigenvalue weighted by molar-refractivity contribution is 7.13. The topological polar surface area (TPSA) is 55.6 Å². The van der Waals surface area contributed by atoms with Gasteiger partial charge >= 0.3 is 0 Å². The summed E-state index contributed by atoms with van der Waals surface area (Å²) in [5, 5.41) is 10.7. The van der Waals surface area contributed by atoms with Gasteiger partial charge in [0.2, 0.25) is 0 Å². The van der Waals surface area contributed by atoms with Gasteiger partial charge in [-0.1, -0.05) is 6.07 Å². The lowest BCUT2D eigenvalue weighted by molar-refractivity contribution is 0.532. The van der Waals surface area contributed by atoms with Crippen LogP contribution in [-0.2, 0) is 6.54 Å². The van der Waals surface area contributed by atoms with Gasteiger partial charge in [0.15, 0.2) is 0 Å². The van der Waals surface area contributed by atoms with E-state index in [-0.39, 0.29) is 0 Å². The molecule has 0 fully saturated rings. The molecule has 1 N–H and O–H groups in total. The molecule has 3 aromatic rings. The molecule has 0 amide bonds. The largest absolute Gasteiger partial charge is 0.377 e. The lowest BCUT2D eigenvalue weighted by Gasteiger charge is -2.03.